The molecule has 2 aromatic carbocycles. The molecule has 94 valence electrons. The Bertz CT molecular complexity index is 564. The molecule has 0 saturated carbocycles. The van der Waals surface area contributed by atoms with Crippen LogP contribution in [0.3, 0.4) is 0 Å². The summed E-state index contributed by atoms with van der Waals surface area (Å²) in [6.45, 7) is 2.00. The average molecular weight is 243 g/mol. The van der Waals surface area contributed by atoms with Crippen LogP contribution < -0.4 is 15.2 Å². The maximum Gasteiger partial charge on any atom is 0.161 e. The molecule has 0 atom stereocenters. The number of ether oxygens (including phenoxy) is 2. The minimum Gasteiger partial charge on any atom is -0.493 e. The Morgan fingerprint density at radius 1 is 0.833 bits per heavy atom. The zero-order valence-electron chi connectivity index (χ0n) is 10.9. The predicted octanol–water partition coefficient (Wildman–Crippen LogP) is 3.26. The number of hydrogen-bond donors (Lipinski definition) is 1. The Kier molecular flexibility index (Phi) is 3.42. The maximum absolute atomic E-state index is 5.82. The van der Waals surface area contributed by atoms with E-state index < -0.39 is 0 Å². The summed E-state index contributed by atoms with van der Waals surface area (Å²) < 4.78 is 10.5. The molecule has 18 heavy (non-hydrogen) atoms. The first-order valence-electron chi connectivity index (χ1n) is 5.74. The van der Waals surface area contributed by atoms with Crippen molar-refractivity contribution in [3.8, 4) is 22.6 Å². The Morgan fingerprint density at radius 2 is 1.44 bits per heavy atom. The first kappa shape index (κ1) is 12.3. The van der Waals surface area contributed by atoms with Gasteiger partial charge >= 0.3 is 0 Å². The van der Waals surface area contributed by atoms with Gasteiger partial charge in [-0.15, -0.1) is 0 Å². The highest BCUT2D eigenvalue weighted by Crippen LogP contribution is 2.33. The van der Waals surface area contributed by atoms with Crippen LogP contribution in [-0.4, -0.2) is 14.2 Å². The van der Waals surface area contributed by atoms with Crippen molar-refractivity contribution in [2.45, 2.75) is 6.92 Å². The molecule has 3 heteroatoms. The number of nitrogens with two attached hydrogens (primary N) is 1. The molecular formula is C15H17NO2. The lowest BCUT2D eigenvalue weighted by atomic mass is 10.0. The summed E-state index contributed by atoms with van der Waals surface area (Å²) in [7, 11) is 3.26. The summed E-state index contributed by atoms with van der Waals surface area (Å²) in [5.41, 5.74) is 9.89. The Labute approximate surface area is 107 Å². The zero-order valence-corrected chi connectivity index (χ0v) is 10.9. The number of methoxy groups -OCH3 is 2. The fourth-order valence-electron chi connectivity index (χ4n) is 1.87. The predicted molar refractivity (Wildman–Crippen MR) is 74.1 cm³/mol. The maximum atomic E-state index is 5.82. The largest absolute Gasteiger partial charge is 0.493 e. The Hall–Kier alpha value is -2.16. The van der Waals surface area contributed by atoms with Gasteiger partial charge in [-0.3, -0.25) is 0 Å². The minimum absolute atomic E-state index is 0.726. The van der Waals surface area contributed by atoms with E-state index >= 15 is 0 Å². The molecule has 0 heterocycles. The van der Waals surface area contributed by atoms with Gasteiger partial charge in [-0.2, -0.15) is 0 Å². The Morgan fingerprint density at radius 3 is 2.06 bits per heavy atom. The highest BCUT2D eigenvalue weighted by Gasteiger charge is 2.06. The highest BCUT2D eigenvalue weighted by molar-refractivity contribution is 5.70. The highest BCUT2D eigenvalue weighted by atomic mass is 16.5. The van der Waals surface area contributed by atoms with Crippen molar-refractivity contribution < 1.29 is 9.47 Å². The third-order valence-corrected chi connectivity index (χ3v) is 2.99. The summed E-state index contributed by atoms with van der Waals surface area (Å²) in [6, 6.07) is 11.9. The second kappa shape index (κ2) is 5.00. The molecular weight excluding hydrogens is 226 g/mol. The quantitative estimate of drug-likeness (QED) is 0.841. The third-order valence-electron chi connectivity index (χ3n) is 2.99. The normalized spacial score (nSPS) is 10.2. The molecule has 0 saturated heterocycles. The standard InChI is InChI=1S/C15H17NO2/c1-10-8-11(4-6-13(10)16)12-5-7-14(17-2)15(9-12)18-3/h4-9H,16H2,1-3H3. The topological polar surface area (TPSA) is 44.5 Å². The number of nitrogen functional groups attached to an aromatic ring is 1. The summed E-state index contributed by atoms with van der Waals surface area (Å²) >= 11 is 0. The minimum atomic E-state index is 0.726. The summed E-state index contributed by atoms with van der Waals surface area (Å²) in [5, 5.41) is 0. The van der Waals surface area contributed by atoms with E-state index in [1.165, 1.54) is 0 Å². The number of hydrogen-bond acceptors (Lipinski definition) is 3. The number of aryl methyl sites for hydroxylation is 1. The first-order valence-corrected chi connectivity index (χ1v) is 5.74. The molecule has 2 rings (SSSR count). The van der Waals surface area contributed by atoms with E-state index in [-0.39, 0.29) is 0 Å². The van der Waals surface area contributed by atoms with Crippen LogP contribution in [0.2, 0.25) is 0 Å². The van der Waals surface area contributed by atoms with Crippen molar-refractivity contribution in [2.24, 2.45) is 0 Å². The van der Waals surface area contributed by atoms with Gasteiger partial charge in [0, 0.05) is 5.69 Å². The van der Waals surface area contributed by atoms with Crippen molar-refractivity contribution in [2.75, 3.05) is 20.0 Å². The molecule has 2 aromatic rings. The number of rotatable bonds is 3. The van der Waals surface area contributed by atoms with Crippen LogP contribution in [0.15, 0.2) is 36.4 Å². The summed E-state index contributed by atoms with van der Waals surface area (Å²) in [5.74, 6) is 1.46. The number of benzene rings is 2. The molecule has 0 amide bonds. The lowest BCUT2D eigenvalue weighted by Crippen LogP contribution is -1.92. The third kappa shape index (κ3) is 2.25. The van der Waals surface area contributed by atoms with E-state index in [1.54, 1.807) is 14.2 Å². The Balaban J connectivity index is 2.47. The molecule has 0 bridgehead atoms. The molecule has 0 aliphatic rings. The van der Waals surface area contributed by atoms with Crippen LogP contribution in [0.4, 0.5) is 5.69 Å². The fraction of sp³-hybridized carbons (Fsp3) is 0.200. The van der Waals surface area contributed by atoms with E-state index in [4.69, 9.17) is 15.2 Å². The van der Waals surface area contributed by atoms with Crippen molar-refractivity contribution in [3.05, 3.63) is 42.0 Å². The van der Waals surface area contributed by atoms with E-state index in [0.717, 1.165) is 33.9 Å². The van der Waals surface area contributed by atoms with Crippen molar-refractivity contribution in [1.29, 1.82) is 0 Å². The van der Waals surface area contributed by atoms with E-state index in [9.17, 15) is 0 Å². The van der Waals surface area contributed by atoms with Crippen LogP contribution in [0.25, 0.3) is 11.1 Å². The van der Waals surface area contributed by atoms with Crippen LogP contribution >= 0.6 is 0 Å². The van der Waals surface area contributed by atoms with Gasteiger partial charge in [0.15, 0.2) is 11.5 Å². The van der Waals surface area contributed by atoms with Gasteiger partial charge in [-0.25, -0.2) is 0 Å². The SMILES string of the molecule is COc1ccc(-c2ccc(N)c(C)c2)cc1OC. The fourth-order valence-corrected chi connectivity index (χ4v) is 1.87. The molecule has 0 radical (unpaired) electrons. The van der Waals surface area contributed by atoms with Gasteiger partial charge in [-0.1, -0.05) is 12.1 Å². The van der Waals surface area contributed by atoms with Crippen molar-refractivity contribution >= 4 is 5.69 Å². The molecule has 0 fully saturated rings. The second-order valence-electron chi connectivity index (χ2n) is 4.14. The van der Waals surface area contributed by atoms with Crippen molar-refractivity contribution in [3.63, 3.8) is 0 Å². The monoisotopic (exact) mass is 243 g/mol. The molecule has 0 aliphatic heterocycles. The van der Waals surface area contributed by atoms with Gasteiger partial charge in [0.2, 0.25) is 0 Å². The lowest BCUT2D eigenvalue weighted by molar-refractivity contribution is 0.355. The molecule has 0 unspecified atom stereocenters. The van der Waals surface area contributed by atoms with Gasteiger partial charge in [-0.05, 0) is 47.9 Å². The van der Waals surface area contributed by atoms with Crippen LogP contribution in [0.5, 0.6) is 11.5 Å². The van der Waals surface area contributed by atoms with Crippen molar-refractivity contribution in [1.82, 2.24) is 0 Å². The summed E-state index contributed by atoms with van der Waals surface area (Å²) in [4.78, 5) is 0. The molecule has 0 aliphatic carbocycles. The van der Waals surface area contributed by atoms with E-state index in [0.29, 0.717) is 0 Å². The molecule has 3 nitrogen and oxygen atoms in total. The van der Waals surface area contributed by atoms with Crippen LogP contribution in [-0.2, 0) is 0 Å². The molecule has 0 spiro atoms. The lowest BCUT2D eigenvalue weighted by Gasteiger charge is -2.10. The smallest absolute Gasteiger partial charge is 0.161 e. The number of anilines is 1. The van der Waals surface area contributed by atoms with Gasteiger partial charge in [0.25, 0.3) is 0 Å². The van der Waals surface area contributed by atoms with Crippen LogP contribution in [0.1, 0.15) is 5.56 Å². The van der Waals surface area contributed by atoms with E-state index in [1.807, 2.05) is 37.3 Å². The molecule has 0 aromatic heterocycles. The van der Waals surface area contributed by atoms with Gasteiger partial charge in [0.1, 0.15) is 0 Å². The van der Waals surface area contributed by atoms with Gasteiger partial charge in [0.05, 0.1) is 14.2 Å². The zero-order chi connectivity index (χ0) is 13.1. The van der Waals surface area contributed by atoms with Gasteiger partial charge < -0.3 is 15.2 Å². The second-order valence-corrected chi connectivity index (χ2v) is 4.14. The molecule has 2 N–H and O–H groups in total. The first-order chi connectivity index (χ1) is 8.65. The van der Waals surface area contributed by atoms with Crippen LogP contribution in [0, 0.1) is 6.92 Å². The average Bonchev–Trinajstić information content (AvgIpc) is 2.41. The van der Waals surface area contributed by atoms with E-state index in [2.05, 4.69) is 6.07 Å². The summed E-state index contributed by atoms with van der Waals surface area (Å²) in [6.07, 6.45) is 0.